The number of methoxy groups -OCH3 is 2. The number of likely N-dealkylation sites (tertiary alicyclic amines) is 1. The lowest BCUT2D eigenvalue weighted by atomic mass is 9.90. The van der Waals surface area contributed by atoms with Gasteiger partial charge in [-0.3, -0.25) is 4.79 Å². The van der Waals surface area contributed by atoms with Crippen molar-refractivity contribution in [3.63, 3.8) is 0 Å². The summed E-state index contributed by atoms with van der Waals surface area (Å²) in [6.07, 6.45) is 2.00. The van der Waals surface area contributed by atoms with E-state index in [1.807, 2.05) is 6.07 Å². The maximum Gasteiger partial charge on any atom is 0.251 e. The van der Waals surface area contributed by atoms with Gasteiger partial charge < -0.3 is 24.4 Å². The van der Waals surface area contributed by atoms with Crippen molar-refractivity contribution in [3.8, 4) is 11.5 Å². The van der Waals surface area contributed by atoms with E-state index in [4.69, 9.17) is 14.2 Å². The number of nitrogens with one attached hydrogen (secondary N) is 1. The van der Waals surface area contributed by atoms with Crippen molar-refractivity contribution in [1.82, 2.24) is 10.2 Å². The van der Waals surface area contributed by atoms with E-state index in [1.165, 1.54) is 11.1 Å². The van der Waals surface area contributed by atoms with Crippen LogP contribution in [0.25, 0.3) is 0 Å². The largest absolute Gasteiger partial charge is 0.493 e. The fraction of sp³-hybridized carbons (Fsp3) is 0.367. The zero-order chi connectivity index (χ0) is 25.2. The van der Waals surface area contributed by atoms with Gasteiger partial charge in [0.25, 0.3) is 5.91 Å². The zero-order valence-corrected chi connectivity index (χ0v) is 21.2. The molecule has 3 aromatic carbocycles. The molecular formula is C30H36N2O4. The highest BCUT2D eigenvalue weighted by Gasteiger charge is 2.25. The number of hydrogen-bond donors (Lipinski definition) is 1. The maximum absolute atomic E-state index is 12.3. The molecule has 0 spiro atoms. The molecule has 1 aliphatic rings. The molecule has 3 aromatic rings. The summed E-state index contributed by atoms with van der Waals surface area (Å²) in [5.41, 5.74) is 3.23. The SMILES string of the molecule is COCCNC(=O)c1ccc(OC2CCN(CC(c3ccccc3)c3ccccc3)CC2)c(OC)c1. The molecule has 1 fully saturated rings. The van der Waals surface area contributed by atoms with Gasteiger partial charge in [-0.2, -0.15) is 0 Å². The first-order valence-electron chi connectivity index (χ1n) is 12.6. The van der Waals surface area contributed by atoms with E-state index < -0.39 is 0 Å². The molecule has 36 heavy (non-hydrogen) atoms. The van der Waals surface area contributed by atoms with Gasteiger partial charge in [0, 0.05) is 44.8 Å². The summed E-state index contributed by atoms with van der Waals surface area (Å²) in [5, 5.41) is 2.83. The number of carbonyl (C=O) groups is 1. The molecule has 1 heterocycles. The third-order valence-corrected chi connectivity index (χ3v) is 6.69. The van der Waals surface area contributed by atoms with Crippen molar-refractivity contribution in [2.75, 3.05) is 47.0 Å². The summed E-state index contributed by atoms with van der Waals surface area (Å²) in [6.45, 7) is 3.87. The van der Waals surface area contributed by atoms with Crippen LogP contribution in [0.4, 0.5) is 0 Å². The van der Waals surface area contributed by atoms with Crippen LogP contribution in [0.2, 0.25) is 0 Å². The molecule has 1 amide bonds. The van der Waals surface area contributed by atoms with Crippen LogP contribution in [0.15, 0.2) is 78.9 Å². The van der Waals surface area contributed by atoms with E-state index in [0.717, 1.165) is 32.5 Å². The van der Waals surface area contributed by atoms with Crippen molar-refractivity contribution < 1.29 is 19.0 Å². The van der Waals surface area contributed by atoms with Crippen LogP contribution in [0.1, 0.15) is 40.2 Å². The Morgan fingerprint density at radius 3 is 2.14 bits per heavy atom. The predicted molar refractivity (Wildman–Crippen MR) is 142 cm³/mol. The Balaban J connectivity index is 1.35. The van der Waals surface area contributed by atoms with Gasteiger partial charge in [0.15, 0.2) is 11.5 Å². The van der Waals surface area contributed by atoms with Gasteiger partial charge in [-0.1, -0.05) is 60.7 Å². The summed E-state index contributed by atoms with van der Waals surface area (Å²) in [4.78, 5) is 14.9. The summed E-state index contributed by atoms with van der Waals surface area (Å²) in [5.74, 6) is 1.44. The molecule has 0 aliphatic carbocycles. The standard InChI is InChI=1S/C30H36N2O4/c1-34-20-17-31-30(33)25-13-14-28(29(21-25)35-2)36-26-15-18-32(19-16-26)22-27(23-9-5-3-6-10-23)24-11-7-4-8-12-24/h3-14,21,26-27H,15-20,22H2,1-2H3,(H,31,33). The van der Waals surface area contributed by atoms with Crippen LogP contribution < -0.4 is 14.8 Å². The minimum absolute atomic E-state index is 0.114. The van der Waals surface area contributed by atoms with E-state index in [9.17, 15) is 4.79 Å². The molecule has 190 valence electrons. The smallest absolute Gasteiger partial charge is 0.251 e. The number of carbonyl (C=O) groups excluding carboxylic acids is 1. The Labute approximate surface area is 214 Å². The first-order chi connectivity index (χ1) is 17.7. The molecule has 0 aromatic heterocycles. The number of piperidine rings is 1. The van der Waals surface area contributed by atoms with Gasteiger partial charge in [-0.05, 0) is 42.2 Å². The van der Waals surface area contributed by atoms with Gasteiger partial charge >= 0.3 is 0 Å². The molecule has 0 atom stereocenters. The monoisotopic (exact) mass is 488 g/mol. The van der Waals surface area contributed by atoms with Crippen molar-refractivity contribution in [2.45, 2.75) is 24.9 Å². The van der Waals surface area contributed by atoms with Crippen molar-refractivity contribution in [2.24, 2.45) is 0 Å². The zero-order valence-electron chi connectivity index (χ0n) is 21.2. The topological polar surface area (TPSA) is 60.0 Å². The average Bonchev–Trinajstić information content (AvgIpc) is 2.94. The Morgan fingerprint density at radius 1 is 0.917 bits per heavy atom. The second-order valence-corrected chi connectivity index (χ2v) is 9.11. The summed E-state index contributed by atoms with van der Waals surface area (Å²) in [6, 6.07) is 26.9. The third-order valence-electron chi connectivity index (χ3n) is 6.69. The lowest BCUT2D eigenvalue weighted by molar-refractivity contribution is 0.0933. The van der Waals surface area contributed by atoms with Crippen molar-refractivity contribution >= 4 is 5.91 Å². The summed E-state index contributed by atoms with van der Waals surface area (Å²) in [7, 11) is 3.21. The van der Waals surface area contributed by atoms with Crippen LogP contribution in [-0.2, 0) is 4.74 Å². The quantitative estimate of drug-likeness (QED) is 0.395. The van der Waals surface area contributed by atoms with Gasteiger partial charge in [-0.15, -0.1) is 0 Å². The van der Waals surface area contributed by atoms with E-state index in [0.29, 0.717) is 36.1 Å². The summed E-state index contributed by atoms with van der Waals surface area (Å²) < 4.78 is 16.9. The molecule has 6 nitrogen and oxygen atoms in total. The first kappa shape index (κ1) is 25.7. The lowest BCUT2D eigenvalue weighted by Gasteiger charge is -2.35. The summed E-state index contributed by atoms with van der Waals surface area (Å²) >= 11 is 0. The molecule has 0 saturated carbocycles. The van der Waals surface area contributed by atoms with E-state index >= 15 is 0 Å². The van der Waals surface area contributed by atoms with Crippen LogP contribution in [-0.4, -0.2) is 63.9 Å². The minimum Gasteiger partial charge on any atom is -0.493 e. The number of hydrogen-bond acceptors (Lipinski definition) is 5. The van der Waals surface area contributed by atoms with E-state index in [-0.39, 0.29) is 12.0 Å². The molecule has 4 rings (SSSR count). The fourth-order valence-corrected chi connectivity index (χ4v) is 4.70. The van der Waals surface area contributed by atoms with Gasteiger partial charge in [0.2, 0.25) is 0 Å². The second-order valence-electron chi connectivity index (χ2n) is 9.11. The van der Waals surface area contributed by atoms with E-state index in [2.05, 4.69) is 70.9 Å². The van der Waals surface area contributed by atoms with Gasteiger partial charge in [0.05, 0.1) is 13.7 Å². The highest BCUT2D eigenvalue weighted by molar-refractivity contribution is 5.94. The van der Waals surface area contributed by atoms with Crippen molar-refractivity contribution in [1.29, 1.82) is 0 Å². The van der Waals surface area contributed by atoms with Crippen LogP contribution >= 0.6 is 0 Å². The number of rotatable bonds is 11. The number of ether oxygens (including phenoxy) is 3. The molecular weight excluding hydrogens is 452 g/mol. The lowest BCUT2D eigenvalue weighted by Crippen LogP contribution is -2.40. The van der Waals surface area contributed by atoms with Crippen molar-refractivity contribution in [3.05, 3.63) is 95.6 Å². The number of amides is 1. The average molecular weight is 489 g/mol. The molecule has 1 saturated heterocycles. The van der Waals surface area contributed by atoms with Crippen LogP contribution in [0, 0.1) is 0 Å². The van der Waals surface area contributed by atoms with Gasteiger partial charge in [-0.25, -0.2) is 0 Å². The molecule has 6 heteroatoms. The van der Waals surface area contributed by atoms with E-state index in [1.54, 1.807) is 26.4 Å². The van der Waals surface area contributed by atoms with Crippen LogP contribution in [0.3, 0.4) is 0 Å². The third kappa shape index (κ3) is 6.86. The van der Waals surface area contributed by atoms with Crippen LogP contribution in [0.5, 0.6) is 11.5 Å². The maximum atomic E-state index is 12.3. The Kier molecular flexibility index (Phi) is 9.36. The number of nitrogens with zero attached hydrogens (tertiary/aromatic N) is 1. The normalized spacial score (nSPS) is 14.5. The number of benzene rings is 3. The Bertz CT molecular complexity index is 1040. The fourth-order valence-electron chi connectivity index (χ4n) is 4.70. The molecule has 1 N–H and O–H groups in total. The van der Waals surface area contributed by atoms with Gasteiger partial charge in [0.1, 0.15) is 6.10 Å². The highest BCUT2D eigenvalue weighted by atomic mass is 16.5. The predicted octanol–water partition coefficient (Wildman–Crippen LogP) is 4.75. The molecule has 0 bridgehead atoms. The first-order valence-corrected chi connectivity index (χ1v) is 12.6. The molecule has 0 unspecified atom stereocenters. The Morgan fingerprint density at radius 2 is 1.56 bits per heavy atom. The molecule has 1 aliphatic heterocycles. The highest BCUT2D eigenvalue weighted by Crippen LogP contribution is 2.32. The minimum atomic E-state index is -0.156. The second kappa shape index (κ2) is 13.1. The molecule has 0 radical (unpaired) electrons. The Hall–Kier alpha value is -3.35.